The number of benzene rings is 1. The Kier molecular flexibility index (Phi) is 4.14. The fourth-order valence-corrected chi connectivity index (χ4v) is 3.62. The summed E-state index contributed by atoms with van der Waals surface area (Å²) in [7, 11) is 0. The Morgan fingerprint density at radius 3 is 2.90 bits per heavy atom. The minimum Gasteiger partial charge on any atom is -0.300 e. The summed E-state index contributed by atoms with van der Waals surface area (Å²) >= 11 is 8.87. The molecule has 3 rings (SSSR count). The molecule has 2 heterocycles. The van der Waals surface area contributed by atoms with Gasteiger partial charge in [0.05, 0.1) is 10.6 Å². The number of carbonyl (C=O) groups is 1. The first-order valence-corrected chi connectivity index (χ1v) is 8.28. The third-order valence-corrected chi connectivity index (χ3v) is 4.81. The molecule has 1 N–H and O–H groups in total. The molecule has 0 radical (unpaired) electrons. The fourth-order valence-electron chi connectivity index (χ4n) is 1.84. The van der Waals surface area contributed by atoms with Gasteiger partial charge in [-0.15, -0.1) is 11.3 Å². The molecule has 1 aliphatic rings. The lowest BCUT2D eigenvalue weighted by Gasteiger charge is -2.01. The summed E-state index contributed by atoms with van der Waals surface area (Å²) in [6, 6.07) is 9.42. The van der Waals surface area contributed by atoms with E-state index in [1.807, 2.05) is 42.6 Å². The Labute approximate surface area is 135 Å². The predicted molar refractivity (Wildman–Crippen MR) is 91.3 cm³/mol. The van der Waals surface area contributed by atoms with Crippen molar-refractivity contribution < 1.29 is 4.79 Å². The van der Waals surface area contributed by atoms with E-state index in [0.717, 1.165) is 16.1 Å². The number of carbonyl (C=O) groups excluding carboxylic acids is 1. The lowest BCUT2D eigenvalue weighted by atomic mass is 10.2. The van der Waals surface area contributed by atoms with Crippen molar-refractivity contribution in [3.05, 3.63) is 56.1 Å². The standard InChI is InChI=1S/C15H11ClN2OS2/c1-9-7-10(16)4-5-12(9)17-15-18-14(19)13(21-15)8-11-3-2-6-20-11/h2-8H,1H3,(H,17,18,19)/b13-8-. The number of nitrogens with one attached hydrogen (secondary N) is 1. The first-order chi connectivity index (χ1) is 10.1. The van der Waals surface area contributed by atoms with Crippen LogP contribution in [0.3, 0.4) is 0 Å². The number of amidine groups is 1. The van der Waals surface area contributed by atoms with Crippen LogP contribution >= 0.6 is 34.7 Å². The number of amides is 1. The zero-order valence-corrected chi connectivity index (χ0v) is 13.5. The van der Waals surface area contributed by atoms with Crippen molar-refractivity contribution in [3.8, 4) is 0 Å². The molecule has 0 spiro atoms. The highest BCUT2D eigenvalue weighted by Crippen LogP contribution is 2.30. The van der Waals surface area contributed by atoms with Crippen LogP contribution in [0.5, 0.6) is 0 Å². The largest absolute Gasteiger partial charge is 0.300 e. The molecule has 1 saturated heterocycles. The van der Waals surface area contributed by atoms with Crippen LogP contribution < -0.4 is 5.32 Å². The third kappa shape index (κ3) is 3.37. The van der Waals surface area contributed by atoms with E-state index in [2.05, 4.69) is 10.3 Å². The number of thioether (sulfide) groups is 1. The fraction of sp³-hybridized carbons (Fsp3) is 0.0667. The van der Waals surface area contributed by atoms with Gasteiger partial charge in [0.1, 0.15) is 0 Å². The monoisotopic (exact) mass is 334 g/mol. The molecule has 1 fully saturated rings. The summed E-state index contributed by atoms with van der Waals surface area (Å²) < 4.78 is 0. The minimum atomic E-state index is -0.112. The van der Waals surface area contributed by atoms with Crippen molar-refractivity contribution in [2.45, 2.75) is 6.92 Å². The predicted octanol–water partition coefficient (Wildman–Crippen LogP) is 4.60. The number of rotatable bonds is 2. The maximum atomic E-state index is 11.9. The van der Waals surface area contributed by atoms with Crippen LogP contribution in [0, 0.1) is 6.92 Å². The van der Waals surface area contributed by atoms with Crippen LogP contribution in [0.2, 0.25) is 5.02 Å². The Morgan fingerprint density at radius 1 is 1.33 bits per heavy atom. The molecule has 6 heteroatoms. The zero-order chi connectivity index (χ0) is 14.8. The van der Waals surface area contributed by atoms with E-state index in [1.165, 1.54) is 11.8 Å². The molecular formula is C15H11ClN2OS2. The lowest BCUT2D eigenvalue weighted by Crippen LogP contribution is -2.19. The quantitative estimate of drug-likeness (QED) is 0.815. The van der Waals surface area contributed by atoms with Gasteiger partial charge in [-0.25, -0.2) is 4.99 Å². The highest BCUT2D eigenvalue weighted by molar-refractivity contribution is 8.18. The van der Waals surface area contributed by atoms with Crippen LogP contribution in [0.4, 0.5) is 5.69 Å². The summed E-state index contributed by atoms with van der Waals surface area (Å²) in [5, 5.41) is 6.04. The van der Waals surface area contributed by atoms with Crippen molar-refractivity contribution in [1.29, 1.82) is 0 Å². The summed E-state index contributed by atoms with van der Waals surface area (Å²) in [6.45, 7) is 1.94. The SMILES string of the molecule is Cc1cc(Cl)ccc1N=C1NC(=O)/C(=C/c2cccs2)S1. The van der Waals surface area contributed by atoms with Gasteiger partial charge in [0.2, 0.25) is 0 Å². The lowest BCUT2D eigenvalue weighted by molar-refractivity contribution is -0.115. The number of thiophene rings is 1. The van der Waals surface area contributed by atoms with E-state index < -0.39 is 0 Å². The van der Waals surface area contributed by atoms with Gasteiger partial charge < -0.3 is 5.32 Å². The second-order valence-corrected chi connectivity index (χ2v) is 6.87. The van der Waals surface area contributed by atoms with Crippen LogP contribution in [-0.4, -0.2) is 11.1 Å². The molecule has 1 aromatic heterocycles. The van der Waals surface area contributed by atoms with Crippen molar-refractivity contribution in [1.82, 2.24) is 5.32 Å². The Balaban J connectivity index is 1.85. The molecule has 1 amide bonds. The van der Waals surface area contributed by atoms with Gasteiger partial charge >= 0.3 is 0 Å². The molecular weight excluding hydrogens is 324 g/mol. The Bertz CT molecular complexity index is 751. The first kappa shape index (κ1) is 14.4. The second-order valence-electron chi connectivity index (χ2n) is 4.43. The molecule has 1 aromatic carbocycles. The normalized spacial score (nSPS) is 18.5. The number of aliphatic imine (C=N–C) groups is 1. The van der Waals surface area contributed by atoms with Gasteiger partial charge in [0.25, 0.3) is 5.91 Å². The van der Waals surface area contributed by atoms with E-state index in [-0.39, 0.29) is 5.91 Å². The van der Waals surface area contributed by atoms with Crippen LogP contribution in [-0.2, 0) is 4.79 Å². The molecule has 1 aliphatic heterocycles. The van der Waals surface area contributed by atoms with Crippen LogP contribution in [0.15, 0.2) is 45.6 Å². The molecule has 0 aliphatic carbocycles. The number of nitrogens with zero attached hydrogens (tertiary/aromatic N) is 1. The third-order valence-electron chi connectivity index (χ3n) is 2.85. The van der Waals surface area contributed by atoms with Crippen molar-refractivity contribution in [2.24, 2.45) is 4.99 Å². The summed E-state index contributed by atoms with van der Waals surface area (Å²) in [6.07, 6.45) is 1.88. The van der Waals surface area contributed by atoms with Crippen molar-refractivity contribution in [3.63, 3.8) is 0 Å². The topological polar surface area (TPSA) is 41.5 Å². The molecule has 0 atom stereocenters. The van der Waals surface area contributed by atoms with E-state index in [9.17, 15) is 4.79 Å². The summed E-state index contributed by atoms with van der Waals surface area (Å²) in [4.78, 5) is 18.1. The molecule has 2 aromatic rings. The van der Waals surface area contributed by atoms with E-state index in [1.54, 1.807) is 17.4 Å². The smallest absolute Gasteiger partial charge is 0.264 e. The van der Waals surface area contributed by atoms with Gasteiger partial charge in [0, 0.05) is 9.90 Å². The van der Waals surface area contributed by atoms with Crippen LogP contribution in [0.25, 0.3) is 6.08 Å². The van der Waals surface area contributed by atoms with Crippen LogP contribution in [0.1, 0.15) is 10.4 Å². The number of aryl methyl sites for hydroxylation is 1. The molecule has 21 heavy (non-hydrogen) atoms. The Hall–Kier alpha value is -1.56. The second kappa shape index (κ2) is 6.05. The van der Waals surface area contributed by atoms with Gasteiger partial charge in [-0.1, -0.05) is 17.7 Å². The number of hydrogen-bond donors (Lipinski definition) is 1. The summed E-state index contributed by atoms with van der Waals surface area (Å²) in [5.74, 6) is -0.112. The molecule has 0 bridgehead atoms. The van der Waals surface area contributed by atoms with E-state index in [0.29, 0.717) is 15.1 Å². The van der Waals surface area contributed by atoms with Gasteiger partial charge in [0.15, 0.2) is 5.17 Å². The maximum Gasteiger partial charge on any atom is 0.264 e. The molecule has 0 saturated carbocycles. The maximum absolute atomic E-state index is 11.9. The van der Waals surface area contributed by atoms with Gasteiger partial charge in [-0.2, -0.15) is 0 Å². The highest BCUT2D eigenvalue weighted by Gasteiger charge is 2.24. The zero-order valence-electron chi connectivity index (χ0n) is 11.1. The number of halogens is 1. The molecule has 0 unspecified atom stereocenters. The van der Waals surface area contributed by atoms with Gasteiger partial charge in [-0.3, -0.25) is 4.79 Å². The van der Waals surface area contributed by atoms with Gasteiger partial charge in [-0.05, 0) is 60.0 Å². The van der Waals surface area contributed by atoms with E-state index >= 15 is 0 Å². The molecule has 106 valence electrons. The average Bonchev–Trinajstić information content (AvgIpc) is 3.04. The van der Waals surface area contributed by atoms with Crippen molar-refractivity contribution >= 4 is 57.5 Å². The molecule has 3 nitrogen and oxygen atoms in total. The average molecular weight is 335 g/mol. The summed E-state index contributed by atoms with van der Waals surface area (Å²) in [5.41, 5.74) is 1.78. The minimum absolute atomic E-state index is 0.112. The highest BCUT2D eigenvalue weighted by atomic mass is 35.5. The first-order valence-electron chi connectivity index (χ1n) is 6.21. The van der Waals surface area contributed by atoms with E-state index in [4.69, 9.17) is 11.6 Å². The number of hydrogen-bond acceptors (Lipinski definition) is 4. The van der Waals surface area contributed by atoms with Crippen molar-refractivity contribution in [2.75, 3.05) is 0 Å². The Morgan fingerprint density at radius 2 is 2.19 bits per heavy atom.